The van der Waals surface area contributed by atoms with Crippen LogP contribution in [0.25, 0.3) is 0 Å². The van der Waals surface area contributed by atoms with Crippen LogP contribution in [0.3, 0.4) is 0 Å². The van der Waals surface area contributed by atoms with Crippen molar-refractivity contribution in [3.8, 4) is 0 Å². The van der Waals surface area contributed by atoms with Crippen molar-refractivity contribution in [3.63, 3.8) is 0 Å². The van der Waals surface area contributed by atoms with E-state index >= 15 is 0 Å². The summed E-state index contributed by atoms with van der Waals surface area (Å²) in [4.78, 5) is 11.6. The fraction of sp³-hybridized carbons (Fsp3) is 0.714. The molecule has 0 spiro atoms. The first-order valence-corrected chi connectivity index (χ1v) is 8.50. The maximum absolute atomic E-state index is 5.54. The van der Waals surface area contributed by atoms with E-state index in [0.717, 1.165) is 47.0 Å². The van der Waals surface area contributed by atoms with Gasteiger partial charge in [-0.25, -0.2) is 9.97 Å². The van der Waals surface area contributed by atoms with Gasteiger partial charge in [0.1, 0.15) is 5.82 Å². The summed E-state index contributed by atoms with van der Waals surface area (Å²) in [6.07, 6.45) is 4.97. The number of aromatic nitrogens is 2. The van der Waals surface area contributed by atoms with Crippen molar-refractivity contribution in [2.24, 2.45) is 0 Å². The molecule has 1 aromatic heterocycles. The third-order valence-corrected chi connectivity index (χ3v) is 4.45. The molecular formula is C14H21IN4O. The Kier molecular flexibility index (Phi) is 5.06. The van der Waals surface area contributed by atoms with E-state index in [2.05, 4.69) is 42.8 Å². The van der Waals surface area contributed by atoms with E-state index in [-0.39, 0.29) is 0 Å². The van der Waals surface area contributed by atoms with Crippen molar-refractivity contribution in [2.75, 3.05) is 38.1 Å². The minimum Gasteiger partial charge on any atom is -0.376 e. The summed E-state index contributed by atoms with van der Waals surface area (Å²) in [5.41, 5.74) is 2.30. The molecule has 110 valence electrons. The molecule has 0 saturated carbocycles. The maximum Gasteiger partial charge on any atom is 0.192 e. The van der Waals surface area contributed by atoms with E-state index in [9.17, 15) is 0 Å². The second kappa shape index (κ2) is 7.00. The zero-order valence-corrected chi connectivity index (χ0v) is 13.9. The zero-order valence-electron chi connectivity index (χ0n) is 11.7. The summed E-state index contributed by atoms with van der Waals surface area (Å²) in [6.45, 7) is 5.93. The molecule has 2 aliphatic heterocycles. The van der Waals surface area contributed by atoms with Gasteiger partial charge in [0.05, 0.1) is 18.9 Å². The number of hydrogen-bond donors (Lipinski definition) is 1. The summed E-state index contributed by atoms with van der Waals surface area (Å²) in [5, 5.41) is 3.48. The summed E-state index contributed by atoms with van der Waals surface area (Å²) in [5.74, 6) is 0.969. The van der Waals surface area contributed by atoms with Gasteiger partial charge in [0.2, 0.25) is 0 Å². The first-order valence-electron chi connectivity index (χ1n) is 7.42. The van der Waals surface area contributed by atoms with E-state index in [1.54, 1.807) is 0 Å². The number of ether oxygens (including phenoxy) is 1. The van der Waals surface area contributed by atoms with Gasteiger partial charge in [0.15, 0.2) is 3.83 Å². The number of hydrogen-bond acceptors (Lipinski definition) is 5. The van der Waals surface area contributed by atoms with Crippen molar-refractivity contribution in [3.05, 3.63) is 15.1 Å². The van der Waals surface area contributed by atoms with Crippen LogP contribution in [0.4, 0.5) is 5.82 Å². The van der Waals surface area contributed by atoms with Gasteiger partial charge in [0, 0.05) is 47.7 Å². The largest absolute Gasteiger partial charge is 0.376 e. The Morgan fingerprint density at radius 3 is 2.90 bits per heavy atom. The molecule has 6 heteroatoms. The number of nitrogens with zero attached hydrogens (tertiary/aromatic N) is 3. The lowest BCUT2D eigenvalue weighted by molar-refractivity contribution is 0.109. The van der Waals surface area contributed by atoms with Gasteiger partial charge in [-0.3, -0.25) is 0 Å². The Labute approximate surface area is 133 Å². The van der Waals surface area contributed by atoms with Crippen LogP contribution in [0.2, 0.25) is 0 Å². The highest BCUT2D eigenvalue weighted by Gasteiger charge is 2.17. The third-order valence-electron chi connectivity index (χ3n) is 3.96. The van der Waals surface area contributed by atoms with E-state index in [1.807, 2.05) is 0 Å². The second-order valence-electron chi connectivity index (χ2n) is 5.40. The van der Waals surface area contributed by atoms with Crippen LogP contribution in [-0.4, -0.2) is 47.7 Å². The smallest absolute Gasteiger partial charge is 0.192 e. The van der Waals surface area contributed by atoms with Crippen LogP contribution >= 0.6 is 22.6 Å². The predicted octanol–water partition coefficient (Wildman–Crippen LogP) is 2.05. The quantitative estimate of drug-likeness (QED) is 0.632. The van der Waals surface area contributed by atoms with Gasteiger partial charge in [-0.2, -0.15) is 0 Å². The average Bonchev–Trinajstić information content (AvgIpc) is 2.48. The van der Waals surface area contributed by atoms with Crippen molar-refractivity contribution in [1.82, 2.24) is 14.9 Å². The Hall–Kier alpha value is -0.470. The molecule has 1 fully saturated rings. The summed E-state index contributed by atoms with van der Waals surface area (Å²) in [7, 11) is 0. The molecule has 1 aromatic rings. The van der Waals surface area contributed by atoms with Crippen LogP contribution in [0.1, 0.15) is 30.5 Å². The molecule has 0 aliphatic carbocycles. The van der Waals surface area contributed by atoms with Gasteiger partial charge >= 0.3 is 0 Å². The van der Waals surface area contributed by atoms with Gasteiger partial charge in [-0.05, 0) is 25.9 Å². The second-order valence-corrected chi connectivity index (χ2v) is 6.36. The molecule has 1 saturated heterocycles. The number of piperidine rings is 1. The lowest BCUT2D eigenvalue weighted by Gasteiger charge is -2.27. The first kappa shape index (κ1) is 14.5. The minimum atomic E-state index is 0.637. The van der Waals surface area contributed by atoms with Crippen LogP contribution in [-0.2, 0) is 17.8 Å². The summed E-state index contributed by atoms with van der Waals surface area (Å²) >= 11 is 2.19. The van der Waals surface area contributed by atoms with Crippen molar-refractivity contribution >= 4 is 28.4 Å². The lowest BCUT2D eigenvalue weighted by Crippen LogP contribution is -2.34. The van der Waals surface area contributed by atoms with Crippen molar-refractivity contribution < 1.29 is 4.74 Å². The highest BCUT2D eigenvalue weighted by molar-refractivity contribution is 14.1. The van der Waals surface area contributed by atoms with Crippen molar-refractivity contribution in [2.45, 2.75) is 32.3 Å². The number of rotatable bonds is 4. The SMILES string of the molecule is Ic1nc2c(c(NCCN3CCCCC3)n1)COCC2. The normalized spacial score (nSPS) is 19.6. The molecule has 0 unspecified atom stereocenters. The van der Waals surface area contributed by atoms with Crippen LogP contribution in [0, 0.1) is 3.83 Å². The summed E-state index contributed by atoms with van der Waals surface area (Å²) < 4.78 is 6.36. The van der Waals surface area contributed by atoms with E-state index in [4.69, 9.17) is 4.74 Å². The number of anilines is 1. The molecule has 2 aliphatic rings. The van der Waals surface area contributed by atoms with Gasteiger partial charge in [-0.1, -0.05) is 6.42 Å². The molecule has 0 bridgehead atoms. The average molecular weight is 388 g/mol. The van der Waals surface area contributed by atoms with E-state index < -0.39 is 0 Å². The Morgan fingerprint density at radius 2 is 2.05 bits per heavy atom. The minimum absolute atomic E-state index is 0.637. The van der Waals surface area contributed by atoms with Gasteiger partial charge in [-0.15, -0.1) is 0 Å². The van der Waals surface area contributed by atoms with Crippen LogP contribution in [0.15, 0.2) is 0 Å². The fourth-order valence-corrected chi connectivity index (χ4v) is 3.40. The molecule has 0 radical (unpaired) electrons. The molecule has 3 heterocycles. The predicted molar refractivity (Wildman–Crippen MR) is 86.9 cm³/mol. The zero-order chi connectivity index (χ0) is 13.8. The topological polar surface area (TPSA) is 50.3 Å². The number of likely N-dealkylation sites (tertiary alicyclic amines) is 1. The number of halogens is 1. The van der Waals surface area contributed by atoms with Crippen LogP contribution < -0.4 is 5.32 Å². The standard InChI is InChI=1S/C14H21IN4O/c15-14-17-12-4-9-20-10-11(12)13(18-14)16-5-8-19-6-2-1-3-7-19/h1-10H2,(H,16,17,18). The Balaban J connectivity index is 1.60. The summed E-state index contributed by atoms with van der Waals surface area (Å²) in [6, 6.07) is 0. The molecule has 0 amide bonds. The van der Waals surface area contributed by atoms with E-state index in [0.29, 0.717) is 6.61 Å². The Bertz CT molecular complexity index is 463. The first-order chi connectivity index (χ1) is 9.83. The monoisotopic (exact) mass is 388 g/mol. The Morgan fingerprint density at radius 1 is 1.20 bits per heavy atom. The highest BCUT2D eigenvalue weighted by Crippen LogP contribution is 2.22. The molecule has 3 rings (SSSR count). The molecule has 0 aromatic carbocycles. The molecule has 5 nitrogen and oxygen atoms in total. The van der Waals surface area contributed by atoms with E-state index in [1.165, 1.54) is 32.4 Å². The fourth-order valence-electron chi connectivity index (χ4n) is 2.86. The number of nitrogens with one attached hydrogen (secondary N) is 1. The molecular weight excluding hydrogens is 367 g/mol. The molecule has 20 heavy (non-hydrogen) atoms. The van der Waals surface area contributed by atoms with Gasteiger partial charge in [0.25, 0.3) is 0 Å². The maximum atomic E-state index is 5.54. The molecule has 0 atom stereocenters. The highest BCUT2D eigenvalue weighted by atomic mass is 127. The van der Waals surface area contributed by atoms with Crippen molar-refractivity contribution in [1.29, 1.82) is 0 Å². The number of fused-ring (bicyclic) bond motifs is 1. The third kappa shape index (κ3) is 3.59. The molecule has 1 N–H and O–H groups in total. The lowest BCUT2D eigenvalue weighted by atomic mass is 10.1. The van der Waals surface area contributed by atoms with Crippen LogP contribution in [0.5, 0.6) is 0 Å². The van der Waals surface area contributed by atoms with Gasteiger partial charge < -0.3 is 15.0 Å².